The predicted molar refractivity (Wildman–Crippen MR) is 54.3 cm³/mol. The number of rotatable bonds is 1. The highest BCUT2D eigenvalue weighted by Crippen LogP contribution is 2.45. The fourth-order valence-electron chi connectivity index (χ4n) is 1.30. The van der Waals surface area contributed by atoms with Crippen molar-refractivity contribution >= 4 is 27.5 Å². The Bertz CT molecular complexity index is 320. The summed E-state index contributed by atoms with van der Waals surface area (Å²) in [6, 6.07) is 5.78. The summed E-state index contributed by atoms with van der Waals surface area (Å²) < 4.78 is 1.02. The highest BCUT2D eigenvalue weighted by molar-refractivity contribution is 9.10. The van der Waals surface area contributed by atoms with Crippen molar-refractivity contribution < 1.29 is 0 Å². The quantitative estimate of drug-likeness (QED) is 0.810. The maximum absolute atomic E-state index is 6.05. The van der Waals surface area contributed by atoms with Crippen LogP contribution >= 0.6 is 27.5 Å². The SMILES string of the molecule is NC1(c2ccc(Cl)cc2Br)CC1. The van der Waals surface area contributed by atoms with E-state index in [9.17, 15) is 0 Å². The second-order valence-electron chi connectivity index (χ2n) is 3.28. The molecule has 1 aromatic rings. The van der Waals surface area contributed by atoms with E-state index in [1.54, 1.807) is 0 Å². The number of hydrogen-bond donors (Lipinski definition) is 1. The van der Waals surface area contributed by atoms with E-state index < -0.39 is 0 Å². The van der Waals surface area contributed by atoms with Gasteiger partial charge in [0.2, 0.25) is 0 Å². The Morgan fingerprint density at radius 2 is 2.08 bits per heavy atom. The third kappa shape index (κ3) is 1.39. The largest absolute Gasteiger partial charge is 0.321 e. The summed E-state index contributed by atoms with van der Waals surface area (Å²) in [6.45, 7) is 0. The van der Waals surface area contributed by atoms with Crippen molar-refractivity contribution in [3.63, 3.8) is 0 Å². The Kier molecular flexibility index (Phi) is 1.94. The van der Waals surface area contributed by atoms with Crippen LogP contribution in [0.25, 0.3) is 0 Å². The van der Waals surface area contributed by atoms with Gasteiger partial charge in [0.25, 0.3) is 0 Å². The zero-order chi connectivity index (χ0) is 8.77. The monoisotopic (exact) mass is 245 g/mol. The minimum atomic E-state index is -0.0799. The normalized spacial score (nSPS) is 19.2. The van der Waals surface area contributed by atoms with E-state index in [0.29, 0.717) is 0 Å². The molecule has 1 nitrogen and oxygen atoms in total. The molecule has 0 saturated heterocycles. The molecule has 0 bridgehead atoms. The Hall–Kier alpha value is -0.0500. The van der Waals surface area contributed by atoms with Crippen molar-refractivity contribution in [3.05, 3.63) is 33.3 Å². The molecule has 2 N–H and O–H groups in total. The number of benzene rings is 1. The first-order chi connectivity index (χ1) is 5.62. The molecular formula is C9H9BrClN. The second kappa shape index (κ2) is 2.72. The third-order valence-electron chi connectivity index (χ3n) is 2.26. The minimum absolute atomic E-state index is 0.0799. The van der Waals surface area contributed by atoms with Gasteiger partial charge in [-0.1, -0.05) is 33.6 Å². The van der Waals surface area contributed by atoms with E-state index in [1.807, 2.05) is 18.2 Å². The Balaban J connectivity index is 2.45. The van der Waals surface area contributed by atoms with Gasteiger partial charge >= 0.3 is 0 Å². The first-order valence-corrected chi connectivity index (χ1v) is 5.03. The zero-order valence-corrected chi connectivity index (χ0v) is 8.82. The van der Waals surface area contributed by atoms with E-state index in [1.165, 1.54) is 5.56 Å². The molecule has 12 heavy (non-hydrogen) atoms. The molecule has 1 fully saturated rings. The predicted octanol–water partition coefficient (Wildman–Crippen LogP) is 3.05. The lowest BCUT2D eigenvalue weighted by Gasteiger charge is -2.11. The van der Waals surface area contributed by atoms with Crippen molar-refractivity contribution in [3.8, 4) is 0 Å². The average molecular weight is 247 g/mol. The zero-order valence-electron chi connectivity index (χ0n) is 6.48. The summed E-state index contributed by atoms with van der Waals surface area (Å²) in [5.74, 6) is 0. The van der Waals surface area contributed by atoms with Crippen LogP contribution < -0.4 is 5.73 Å². The molecule has 1 aliphatic carbocycles. The first kappa shape index (κ1) is 8.54. The lowest BCUT2D eigenvalue weighted by Crippen LogP contribution is -2.19. The Morgan fingerprint density at radius 1 is 1.42 bits per heavy atom. The molecule has 1 aliphatic rings. The molecule has 0 heterocycles. The number of halogens is 2. The van der Waals surface area contributed by atoms with Gasteiger partial charge in [-0.2, -0.15) is 0 Å². The minimum Gasteiger partial charge on any atom is -0.321 e. The fraction of sp³-hybridized carbons (Fsp3) is 0.333. The number of nitrogens with two attached hydrogens (primary N) is 1. The van der Waals surface area contributed by atoms with Gasteiger partial charge < -0.3 is 5.73 Å². The van der Waals surface area contributed by atoms with Crippen LogP contribution in [0.5, 0.6) is 0 Å². The van der Waals surface area contributed by atoms with Crippen LogP contribution in [-0.2, 0) is 5.54 Å². The van der Waals surface area contributed by atoms with Crippen molar-refractivity contribution in [2.24, 2.45) is 5.73 Å². The summed E-state index contributed by atoms with van der Waals surface area (Å²) in [5.41, 5.74) is 7.14. The second-order valence-corrected chi connectivity index (χ2v) is 4.57. The van der Waals surface area contributed by atoms with Crippen molar-refractivity contribution in [1.82, 2.24) is 0 Å². The van der Waals surface area contributed by atoms with Crippen LogP contribution in [0.15, 0.2) is 22.7 Å². The molecule has 2 rings (SSSR count). The molecule has 0 radical (unpaired) electrons. The highest BCUT2D eigenvalue weighted by Gasteiger charge is 2.41. The molecule has 64 valence electrons. The van der Waals surface area contributed by atoms with Gasteiger partial charge in [0.1, 0.15) is 0 Å². The van der Waals surface area contributed by atoms with Crippen molar-refractivity contribution in [2.45, 2.75) is 18.4 Å². The lowest BCUT2D eigenvalue weighted by molar-refractivity contribution is 0.736. The van der Waals surface area contributed by atoms with Gasteiger partial charge in [0.05, 0.1) is 0 Å². The molecule has 0 spiro atoms. The summed E-state index contributed by atoms with van der Waals surface area (Å²) in [6.07, 6.45) is 2.15. The van der Waals surface area contributed by atoms with E-state index >= 15 is 0 Å². The van der Waals surface area contributed by atoms with Crippen LogP contribution in [0.3, 0.4) is 0 Å². The molecule has 0 amide bonds. The van der Waals surface area contributed by atoms with Crippen LogP contribution in [-0.4, -0.2) is 0 Å². The van der Waals surface area contributed by atoms with E-state index in [-0.39, 0.29) is 5.54 Å². The molecule has 3 heteroatoms. The first-order valence-electron chi connectivity index (χ1n) is 3.86. The van der Waals surface area contributed by atoms with Gasteiger partial charge in [-0.3, -0.25) is 0 Å². The topological polar surface area (TPSA) is 26.0 Å². The summed E-state index contributed by atoms with van der Waals surface area (Å²) in [5, 5.41) is 0.745. The maximum Gasteiger partial charge on any atom is 0.0422 e. The highest BCUT2D eigenvalue weighted by atomic mass is 79.9. The van der Waals surface area contributed by atoms with Gasteiger partial charge in [0.15, 0.2) is 0 Å². The molecule has 0 unspecified atom stereocenters. The van der Waals surface area contributed by atoms with E-state index in [4.69, 9.17) is 17.3 Å². The average Bonchev–Trinajstić information content (AvgIpc) is 2.68. The van der Waals surface area contributed by atoms with Gasteiger partial charge in [-0.15, -0.1) is 0 Å². The third-order valence-corrected chi connectivity index (χ3v) is 3.15. The van der Waals surface area contributed by atoms with Crippen LogP contribution in [0.4, 0.5) is 0 Å². The summed E-state index contributed by atoms with van der Waals surface area (Å²) in [7, 11) is 0. The molecule has 1 saturated carbocycles. The van der Waals surface area contributed by atoms with Crippen LogP contribution in [0.2, 0.25) is 5.02 Å². The number of hydrogen-bond acceptors (Lipinski definition) is 1. The van der Waals surface area contributed by atoms with Crippen molar-refractivity contribution in [2.75, 3.05) is 0 Å². The van der Waals surface area contributed by atoms with Gasteiger partial charge in [0, 0.05) is 15.0 Å². The Labute approximate surface area is 85.0 Å². The summed E-state index contributed by atoms with van der Waals surface area (Å²) in [4.78, 5) is 0. The molecule has 1 aromatic carbocycles. The Morgan fingerprint density at radius 3 is 2.58 bits per heavy atom. The van der Waals surface area contributed by atoms with Crippen LogP contribution in [0.1, 0.15) is 18.4 Å². The molecule has 0 atom stereocenters. The molecule has 0 aliphatic heterocycles. The molecular weight excluding hydrogens is 237 g/mol. The van der Waals surface area contributed by atoms with Gasteiger partial charge in [-0.25, -0.2) is 0 Å². The van der Waals surface area contributed by atoms with Gasteiger partial charge in [-0.05, 0) is 30.5 Å². The smallest absolute Gasteiger partial charge is 0.0422 e. The fourth-order valence-corrected chi connectivity index (χ4v) is 2.37. The molecule has 0 aromatic heterocycles. The standard InChI is InChI=1S/C9H9BrClN/c10-8-5-6(11)1-2-7(8)9(12)3-4-9/h1-2,5H,3-4,12H2. The van der Waals surface area contributed by atoms with Crippen LogP contribution in [0, 0.1) is 0 Å². The summed E-state index contributed by atoms with van der Waals surface area (Å²) >= 11 is 9.28. The van der Waals surface area contributed by atoms with E-state index in [0.717, 1.165) is 22.3 Å². The lowest BCUT2D eigenvalue weighted by atomic mass is 10.1. The maximum atomic E-state index is 6.05. The van der Waals surface area contributed by atoms with E-state index in [2.05, 4.69) is 15.9 Å². The van der Waals surface area contributed by atoms with Crippen molar-refractivity contribution in [1.29, 1.82) is 0 Å².